The van der Waals surface area contributed by atoms with Crippen LogP contribution in [-0.2, 0) is 0 Å². The maximum atomic E-state index is 12.2. The van der Waals surface area contributed by atoms with Crippen molar-refractivity contribution >= 4 is 23.3 Å². The third-order valence-corrected chi connectivity index (χ3v) is 4.84. The van der Waals surface area contributed by atoms with E-state index in [-0.39, 0.29) is 11.9 Å². The maximum absolute atomic E-state index is 12.2. The summed E-state index contributed by atoms with van der Waals surface area (Å²) in [7, 11) is 0. The standard InChI is InChI=1S/C19H19ClN4O2/c20-15-5-3-13(4-6-15)17-10-18(23-22-17)24-8-1-2-16(11-24)21-19(25)14-7-9-26-12-14/h3-7,9-10,12,16H,1-2,8,11H2,(H,21,25)(H,22,23)/t16-/m1/s1. The molecule has 7 heteroatoms. The number of amides is 1. The highest BCUT2D eigenvalue weighted by Gasteiger charge is 2.24. The lowest BCUT2D eigenvalue weighted by molar-refractivity contribution is 0.0932. The molecule has 4 rings (SSSR count). The Morgan fingerprint density at radius 3 is 2.92 bits per heavy atom. The van der Waals surface area contributed by atoms with Crippen molar-refractivity contribution in [3.05, 3.63) is 59.5 Å². The van der Waals surface area contributed by atoms with Gasteiger partial charge in [0, 0.05) is 30.2 Å². The summed E-state index contributed by atoms with van der Waals surface area (Å²) in [5.74, 6) is 0.784. The van der Waals surface area contributed by atoms with Crippen LogP contribution in [0.5, 0.6) is 0 Å². The molecule has 0 saturated carbocycles. The van der Waals surface area contributed by atoms with Crippen LogP contribution in [0.2, 0.25) is 5.02 Å². The van der Waals surface area contributed by atoms with Gasteiger partial charge in [0.05, 0.1) is 17.5 Å². The van der Waals surface area contributed by atoms with E-state index >= 15 is 0 Å². The van der Waals surface area contributed by atoms with Crippen LogP contribution in [0.1, 0.15) is 23.2 Å². The van der Waals surface area contributed by atoms with Gasteiger partial charge in [0.2, 0.25) is 0 Å². The zero-order valence-electron chi connectivity index (χ0n) is 14.1. The van der Waals surface area contributed by atoms with Crippen LogP contribution in [0.25, 0.3) is 11.3 Å². The van der Waals surface area contributed by atoms with Crippen LogP contribution in [-0.4, -0.2) is 35.2 Å². The normalized spacial score (nSPS) is 17.3. The van der Waals surface area contributed by atoms with Crippen molar-refractivity contribution in [1.29, 1.82) is 0 Å². The fraction of sp³-hybridized carbons (Fsp3) is 0.263. The van der Waals surface area contributed by atoms with Gasteiger partial charge in [0.15, 0.2) is 5.82 Å². The number of aromatic nitrogens is 2. The first-order valence-corrected chi connectivity index (χ1v) is 8.96. The van der Waals surface area contributed by atoms with Gasteiger partial charge in [-0.3, -0.25) is 9.89 Å². The molecule has 1 amide bonds. The Hall–Kier alpha value is -2.73. The number of aromatic amines is 1. The minimum absolute atomic E-state index is 0.0850. The van der Waals surface area contributed by atoms with Gasteiger partial charge in [-0.15, -0.1) is 0 Å². The Balaban J connectivity index is 1.43. The van der Waals surface area contributed by atoms with Crippen LogP contribution >= 0.6 is 11.6 Å². The molecular formula is C19H19ClN4O2. The number of hydrogen-bond donors (Lipinski definition) is 2. The number of rotatable bonds is 4. The van der Waals surface area contributed by atoms with Gasteiger partial charge in [-0.1, -0.05) is 23.7 Å². The lowest BCUT2D eigenvalue weighted by Crippen LogP contribution is -2.47. The van der Waals surface area contributed by atoms with Crippen molar-refractivity contribution in [2.75, 3.05) is 18.0 Å². The van der Waals surface area contributed by atoms with E-state index in [1.807, 2.05) is 30.3 Å². The molecule has 1 aliphatic heterocycles. The number of carbonyl (C=O) groups is 1. The van der Waals surface area contributed by atoms with E-state index in [4.69, 9.17) is 16.0 Å². The summed E-state index contributed by atoms with van der Waals surface area (Å²) in [5, 5.41) is 11.3. The molecule has 0 radical (unpaired) electrons. The van der Waals surface area contributed by atoms with Crippen LogP contribution in [0, 0.1) is 0 Å². The maximum Gasteiger partial charge on any atom is 0.254 e. The average Bonchev–Trinajstić information content (AvgIpc) is 3.35. The first-order chi connectivity index (χ1) is 12.7. The van der Waals surface area contributed by atoms with Gasteiger partial charge in [-0.05, 0) is 36.6 Å². The summed E-state index contributed by atoms with van der Waals surface area (Å²) in [4.78, 5) is 14.4. The van der Waals surface area contributed by atoms with E-state index in [2.05, 4.69) is 20.4 Å². The molecule has 0 spiro atoms. The summed E-state index contributed by atoms with van der Waals surface area (Å²) >= 11 is 5.95. The highest BCUT2D eigenvalue weighted by atomic mass is 35.5. The number of hydrogen-bond acceptors (Lipinski definition) is 4. The van der Waals surface area contributed by atoms with Crippen molar-refractivity contribution < 1.29 is 9.21 Å². The fourth-order valence-electron chi connectivity index (χ4n) is 3.22. The number of benzene rings is 1. The smallest absolute Gasteiger partial charge is 0.254 e. The third kappa shape index (κ3) is 3.60. The molecule has 1 fully saturated rings. The van der Waals surface area contributed by atoms with Gasteiger partial charge in [-0.25, -0.2) is 0 Å². The molecule has 0 unspecified atom stereocenters. The Labute approximate surface area is 156 Å². The molecule has 3 aromatic rings. The molecule has 1 aromatic carbocycles. The monoisotopic (exact) mass is 370 g/mol. The van der Waals surface area contributed by atoms with E-state index in [1.54, 1.807) is 6.07 Å². The lowest BCUT2D eigenvalue weighted by Gasteiger charge is -2.33. The van der Waals surface area contributed by atoms with Crippen LogP contribution in [0.4, 0.5) is 5.82 Å². The fourth-order valence-corrected chi connectivity index (χ4v) is 3.34. The predicted octanol–water partition coefficient (Wildman–Crippen LogP) is 3.72. The van der Waals surface area contributed by atoms with Crippen LogP contribution < -0.4 is 10.2 Å². The molecular weight excluding hydrogens is 352 g/mol. The number of anilines is 1. The molecule has 134 valence electrons. The van der Waals surface area contributed by atoms with Crippen molar-refractivity contribution in [2.24, 2.45) is 0 Å². The van der Waals surface area contributed by atoms with Crippen molar-refractivity contribution in [2.45, 2.75) is 18.9 Å². The van der Waals surface area contributed by atoms with E-state index in [9.17, 15) is 4.79 Å². The van der Waals surface area contributed by atoms with Gasteiger partial charge in [0.1, 0.15) is 6.26 Å². The molecule has 1 aliphatic rings. The molecule has 0 aliphatic carbocycles. The van der Waals surface area contributed by atoms with Gasteiger partial charge in [0.25, 0.3) is 5.91 Å². The summed E-state index contributed by atoms with van der Waals surface area (Å²) in [5.41, 5.74) is 2.53. The average molecular weight is 371 g/mol. The molecule has 2 N–H and O–H groups in total. The van der Waals surface area contributed by atoms with E-state index in [0.29, 0.717) is 10.6 Å². The number of carbonyl (C=O) groups excluding carboxylic acids is 1. The molecule has 2 aromatic heterocycles. The molecule has 26 heavy (non-hydrogen) atoms. The Morgan fingerprint density at radius 1 is 1.31 bits per heavy atom. The SMILES string of the molecule is O=C(N[C@@H]1CCCN(c2cc(-c3ccc(Cl)cc3)[nH]n2)C1)c1ccoc1. The highest BCUT2D eigenvalue weighted by Crippen LogP contribution is 2.25. The van der Waals surface area contributed by atoms with Crippen molar-refractivity contribution in [3.63, 3.8) is 0 Å². The molecule has 1 atom stereocenters. The number of piperidine rings is 1. The Morgan fingerprint density at radius 2 is 2.15 bits per heavy atom. The zero-order valence-corrected chi connectivity index (χ0v) is 14.9. The van der Waals surface area contributed by atoms with Crippen LogP contribution in [0.15, 0.2) is 53.3 Å². The molecule has 3 heterocycles. The Kier molecular flexibility index (Phi) is 4.67. The first-order valence-electron chi connectivity index (χ1n) is 8.58. The van der Waals surface area contributed by atoms with E-state index < -0.39 is 0 Å². The van der Waals surface area contributed by atoms with Gasteiger partial charge >= 0.3 is 0 Å². The van der Waals surface area contributed by atoms with E-state index in [0.717, 1.165) is 43.0 Å². The zero-order chi connectivity index (χ0) is 17.9. The summed E-state index contributed by atoms with van der Waals surface area (Å²) in [6.45, 7) is 1.65. The molecule has 6 nitrogen and oxygen atoms in total. The second-order valence-corrected chi connectivity index (χ2v) is 6.85. The molecule has 1 saturated heterocycles. The number of H-pyrrole nitrogens is 1. The quantitative estimate of drug-likeness (QED) is 0.734. The summed E-state index contributed by atoms with van der Waals surface area (Å²) < 4.78 is 4.97. The largest absolute Gasteiger partial charge is 0.472 e. The van der Waals surface area contributed by atoms with Crippen molar-refractivity contribution in [3.8, 4) is 11.3 Å². The predicted molar refractivity (Wildman–Crippen MR) is 100 cm³/mol. The van der Waals surface area contributed by atoms with Crippen LogP contribution in [0.3, 0.4) is 0 Å². The topological polar surface area (TPSA) is 74.2 Å². The van der Waals surface area contributed by atoms with Crippen molar-refractivity contribution in [1.82, 2.24) is 15.5 Å². The number of furan rings is 1. The number of halogens is 1. The van der Waals surface area contributed by atoms with Gasteiger partial charge < -0.3 is 14.6 Å². The molecule has 0 bridgehead atoms. The minimum atomic E-state index is -0.102. The summed E-state index contributed by atoms with van der Waals surface area (Å²) in [6.07, 6.45) is 4.92. The highest BCUT2D eigenvalue weighted by molar-refractivity contribution is 6.30. The third-order valence-electron chi connectivity index (χ3n) is 4.58. The minimum Gasteiger partial charge on any atom is -0.472 e. The summed E-state index contributed by atoms with van der Waals surface area (Å²) in [6, 6.07) is 11.4. The second-order valence-electron chi connectivity index (χ2n) is 6.42. The lowest BCUT2D eigenvalue weighted by atomic mass is 10.1. The Bertz CT molecular complexity index is 873. The van der Waals surface area contributed by atoms with E-state index in [1.165, 1.54) is 12.5 Å². The second kappa shape index (κ2) is 7.25. The van der Waals surface area contributed by atoms with Gasteiger partial charge in [-0.2, -0.15) is 5.10 Å². The number of nitrogens with zero attached hydrogens (tertiary/aromatic N) is 2. The first kappa shape index (κ1) is 16.7. The number of nitrogens with one attached hydrogen (secondary N) is 2.